The zero-order valence-electron chi connectivity index (χ0n) is 16.2. The van der Waals surface area contributed by atoms with E-state index < -0.39 is 11.8 Å². The summed E-state index contributed by atoms with van der Waals surface area (Å²) in [5.41, 5.74) is 7.42. The van der Waals surface area contributed by atoms with Gasteiger partial charge in [-0.3, -0.25) is 9.79 Å². The van der Waals surface area contributed by atoms with E-state index in [9.17, 15) is 9.18 Å². The number of amides is 1. The van der Waals surface area contributed by atoms with Gasteiger partial charge in [-0.15, -0.1) is 24.0 Å². The molecular formula is C20H26ClFIN5O. The Morgan fingerprint density at radius 3 is 2.48 bits per heavy atom. The van der Waals surface area contributed by atoms with E-state index in [1.54, 1.807) is 24.4 Å². The molecule has 1 amide bonds. The van der Waals surface area contributed by atoms with Crippen LogP contribution in [0, 0.1) is 11.7 Å². The summed E-state index contributed by atoms with van der Waals surface area (Å²) in [5.74, 6) is -0.612. The van der Waals surface area contributed by atoms with Crippen molar-refractivity contribution in [1.29, 1.82) is 0 Å². The van der Waals surface area contributed by atoms with E-state index in [-0.39, 0.29) is 36.3 Å². The monoisotopic (exact) mass is 533 g/mol. The number of rotatable bonds is 9. The average molecular weight is 534 g/mol. The topological polar surface area (TPSA) is 92.4 Å². The Balaban J connectivity index is 0.00000420. The third kappa shape index (κ3) is 9.40. The van der Waals surface area contributed by atoms with E-state index >= 15 is 0 Å². The number of aliphatic imine (C=N–C) groups is 1. The molecule has 0 saturated heterocycles. The van der Waals surface area contributed by atoms with Crippen LogP contribution in [0.15, 0.2) is 47.6 Å². The van der Waals surface area contributed by atoms with Crippen LogP contribution in [0.4, 0.5) is 4.39 Å². The van der Waals surface area contributed by atoms with Gasteiger partial charge in [0, 0.05) is 19.3 Å². The maximum atomic E-state index is 13.0. The molecule has 29 heavy (non-hydrogen) atoms. The molecule has 6 nitrogen and oxygen atoms in total. The van der Waals surface area contributed by atoms with Crippen LogP contribution in [0.3, 0.4) is 0 Å². The molecule has 1 unspecified atom stereocenters. The summed E-state index contributed by atoms with van der Waals surface area (Å²) in [4.78, 5) is 20.3. The summed E-state index contributed by atoms with van der Waals surface area (Å²) in [6.45, 7) is 3.54. The van der Waals surface area contributed by atoms with E-state index in [1.165, 1.54) is 12.1 Å². The van der Waals surface area contributed by atoms with Crippen molar-refractivity contribution in [2.24, 2.45) is 16.6 Å². The summed E-state index contributed by atoms with van der Waals surface area (Å²) < 4.78 is 13.0. The molecule has 0 fully saturated rings. The fourth-order valence-corrected chi connectivity index (χ4v) is 2.69. The number of primary amides is 1. The van der Waals surface area contributed by atoms with Gasteiger partial charge in [0.15, 0.2) is 5.96 Å². The van der Waals surface area contributed by atoms with Crippen molar-refractivity contribution >= 4 is 47.4 Å². The first kappa shape index (κ1) is 25.1. The molecule has 0 bridgehead atoms. The van der Waals surface area contributed by atoms with Gasteiger partial charge in [-0.1, -0.05) is 29.8 Å². The van der Waals surface area contributed by atoms with Crippen molar-refractivity contribution in [2.75, 3.05) is 19.6 Å². The molecule has 1 aromatic carbocycles. The van der Waals surface area contributed by atoms with E-state index in [0.717, 1.165) is 17.5 Å². The Labute approximate surface area is 192 Å². The van der Waals surface area contributed by atoms with Crippen molar-refractivity contribution in [1.82, 2.24) is 15.6 Å². The van der Waals surface area contributed by atoms with Crippen molar-refractivity contribution in [3.63, 3.8) is 0 Å². The molecule has 4 N–H and O–H groups in total. The lowest BCUT2D eigenvalue weighted by molar-refractivity contribution is -0.121. The molecule has 0 aliphatic carbocycles. The van der Waals surface area contributed by atoms with Crippen molar-refractivity contribution in [3.05, 3.63) is 64.7 Å². The highest BCUT2D eigenvalue weighted by Crippen LogP contribution is 2.11. The number of guanidine groups is 1. The van der Waals surface area contributed by atoms with Crippen LogP contribution in [0.5, 0.6) is 0 Å². The smallest absolute Gasteiger partial charge is 0.222 e. The number of halogens is 3. The Hall–Kier alpha value is -1.94. The summed E-state index contributed by atoms with van der Waals surface area (Å²) in [6, 6.07) is 9.72. The molecule has 1 heterocycles. The molecule has 158 valence electrons. The number of nitrogens with zero attached hydrogens (tertiary/aromatic N) is 2. The molecule has 9 heteroatoms. The van der Waals surface area contributed by atoms with Crippen molar-refractivity contribution in [2.45, 2.75) is 19.8 Å². The van der Waals surface area contributed by atoms with Gasteiger partial charge in [0.05, 0.1) is 12.5 Å². The van der Waals surface area contributed by atoms with Gasteiger partial charge in [0.2, 0.25) is 5.91 Å². The molecule has 0 saturated carbocycles. The highest BCUT2D eigenvalue weighted by Gasteiger charge is 2.16. The van der Waals surface area contributed by atoms with Gasteiger partial charge < -0.3 is 16.4 Å². The molecule has 0 radical (unpaired) electrons. The number of hydrogen-bond donors (Lipinski definition) is 3. The number of nitrogens with one attached hydrogen (secondary N) is 2. The fourth-order valence-electron chi connectivity index (χ4n) is 2.58. The number of hydrogen-bond acceptors (Lipinski definition) is 3. The van der Waals surface area contributed by atoms with Crippen LogP contribution >= 0.6 is 35.6 Å². The number of pyridine rings is 1. The highest BCUT2D eigenvalue weighted by atomic mass is 127. The van der Waals surface area contributed by atoms with Crippen LogP contribution in [-0.4, -0.2) is 36.5 Å². The van der Waals surface area contributed by atoms with Gasteiger partial charge >= 0.3 is 0 Å². The van der Waals surface area contributed by atoms with Crippen LogP contribution in [-0.2, 0) is 17.6 Å². The summed E-state index contributed by atoms with van der Waals surface area (Å²) in [5, 5.41) is 6.83. The lowest BCUT2D eigenvalue weighted by Gasteiger charge is -2.14. The predicted octanol–water partition coefficient (Wildman–Crippen LogP) is 2.93. The van der Waals surface area contributed by atoms with E-state index in [2.05, 4.69) is 20.6 Å². The van der Waals surface area contributed by atoms with Gasteiger partial charge in [-0.25, -0.2) is 9.37 Å². The second-order valence-corrected chi connectivity index (χ2v) is 6.70. The lowest BCUT2D eigenvalue weighted by atomic mass is 9.99. The second-order valence-electron chi connectivity index (χ2n) is 6.32. The van der Waals surface area contributed by atoms with E-state index in [1.807, 2.05) is 13.0 Å². The number of benzene rings is 1. The molecule has 0 spiro atoms. The first-order chi connectivity index (χ1) is 13.5. The van der Waals surface area contributed by atoms with Crippen LogP contribution < -0.4 is 16.4 Å². The van der Waals surface area contributed by atoms with Crippen molar-refractivity contribution < 1.29 is 9.18 Å². The summed E-state index contributed by atoms with van der Waals surface area (Å²) in [6.07, 6.45) is 2.90. The minimum Gasteiger partial charge on any atom is -0.369 e. The first-order valence-electron chi connectivity index (χ1n) is 9.14. The quantitative estimate of drug-likeness (QED) is 0.200. The second kappa shape index (κ2) is 13.3. The Kier molecular flexibility index (Phi) is 11.5. The van der Waals surface area contributed by atoms with Gasteiger partial charge in [-0.2, -0.15) is 0 Å². The normalized spacial score (nSPS) is 12.0. The van der Waals surface area contributed by atoms with E-state index in [0.29, 0.717) is 30.6 Å². The molecule has 2 rings (SSSR count). The number of nitrogens with two attached hydrogens (primary N) is 1. The molecule has 0 aliphatic rings. The lowest BCUT2D eigenvalue weighted by Crippen LogP contribution is -2.39. The average Bonchev–Trinajstić information content (AvgIpc) is 2.67. The maximum Gasteiger partial charge on any atom is 0.222 e. The third-order valence-electron chi connectivity index (χ3n) is 4.11. The van der Waals surface area contributed by atoms with Crippen LogP contribution in [0.1, 0.15) is 18.1 Å². The van der Waals surface area contributed by atoms with Crippen LogP contribution in [0.25, 0.3) is 0 Å². The zero-order valence-corrected chi connectivity index (χ0v) is 19.3. The zero-order chi connectivity index (χ0) is 20.4. The number of carbonyl (C=O) groups is 1. The van der Waals surface area contributed by atoms with Crippen LogP contribution in [0.2, 0.25) is 5.15 Å². The molecule has 1 atom stereocenters. The van der Waals surface area contributed by atoms with Crippen molar-refractivity contribution in [3.8, 4) is 0 Å². The minimum atomic E-state index is -0.471. The number of carbonyl (C=O) groups excluding carboxylic acids is 1. The Morgan fingerprint density at radius 2 is 1.90 bits per heavy atom. The molecule has 1 aromatic heterocycles. The Bertz CT molecular complexity index is 786. The minimum absolute atomic E-state index is 0. The third-order valence-corrected chi connectivity index (χ3v) is 4.33. The molecule has 2 aromatic rings. The first-order valence-corrected chi connectivity index (χ1v) is 9.52. The predicted molar refractivity (Wildman–Crippen MR) is 125 cm³/mol. The SMILES string of the molecule is CCNC(=NCC(Cc1ccc(F)cc1)C(N)=O)NCCc1ccc(Cl)nc1.I. The largest absolute Gasteiger partial charge is 0.369 e. The van der Waals surface area contributed by atoms with E-state index in [4.69, 9.17) is 17.3 Å². The fraction of sp³-hybridized carbons (Fsp3) is 0.350. The summed E-state index contributed by atoms with van der Waals surface area (Å²) >= 11 is 5.79. The number of aromatic nitrogens is 1. The van der Waals surface area contributed by atoms with Gasteiger partial charge in [-0.05, 0) is 49.1 Å². The van der Waals surface area contributed by atoms with Gasteiger partial charge in [0.1, 0.15) is 11.0 Å². The maximum absolute atomic E-state index is 13.0. The Morgan fingerprint density at radius 1 is 1.21 bits per heavy atom. The standard InChI is InChI=1S/C20H25ClFN5O.HI/c1-2-24-20(25-10-9-15-5-8-18(21)26-12-15)27-13-16(19(23)28)11-14-3-6-17(22)7-4-14;/h3-8,12,16H,2,9-11,13H2,1H3,(H2,23,28)(H2,24,25,27);1H. The molecule has 0 aliphatic heterocycles. The van der Waals surface area contributed by atoms with Gasteiger partial charge in [0.25, 0.3) is 0 Å². The highest BCUT2D eigenvalue weighted by molar-refractivity contribution is 14.0. The molecular weight excluding hydrogens is 508 g/mol. The summed E-state index contributed by atoms with van der Waals surface area (Å²) in [7, 11) is 0.